The number of nitrogens with zero attached hydrogens (tertiary/aromatic N) is 2. The highest BCUT2D eigenvalue weighted by Crippen LogP contribution is 2.63. The fraction of sp³-hybridized carbons (Fsp3) is 0.115. The van der Waals surface area contributed by atoms with E-state index in [1.54, 1.807) is 0 Å². The zero-order chi connectivity index (χ0) is 42.2. The highest BCUT2D eigenvalue weighted by molar-refractivity contribution is 6.12. The summed E-state index contributed by atoms with van der Waals surface area (Å²) in [5, 5.41) is 2.57. The Kier molecular flexibility index (Phi) is 7.37. The molecule has 3 aliphatic rings. The molecule has 0 saturated heterocycles. The van der Waals surface area contributed by atoms with Gasteiger partial charge in [-0.1, -0.05) is 191 Å². The Hall–Kier alpha value is -7.42. The van der Waals surface area contributed by atoms with Gasteiger partial charge in [0.15, 0.2) is 0 Å². The van der Waals surface area contributed by atoms with E-state index < -0.39 is 5.41 Å². The van der Waals surface area contributed by atoms with Crippen LogP contribution in [0.5, 0.6) is 0 Å². The zero-order valence-corrected chi connectivity index (χ0v) is 36.0. The van der Waals surface area contributed by atoms with Crippen LogP contribution in [0.2, 0.25) is 0 Å². The van der Waals surface area contributed by atoms with Crippen molar-refractivity contribution >= 4 is 38.9 Å². The summed E-state index contributed by atoms with van der Waals surface area (Å²) in [7, 11) is 0. The Morgan fingerprint density at radius 1 is 0.381 bits per heavy atom. The quantitative estimate of drug-likeness (QED) is 0.172. The van der Waals surface area contributed by atoms with E-state index in [1.165, 1.54) is 99.9 Å². The highest BCUT2D eigenvalue weighted by atomic mass is 15.1. The van der Waals surface area contributed by atoms with Crippen LogP contribution in [0.3, 0.4) is 0 Å². The molecule has 0 radical (unpaired) electrons. The third kappa shape index (κ3) is 4.68. The van der Waals surface area contributed by atoms with E-state index in [9.17, 15) is 0 Å². The molecule has 0 amide bonds. The van der Waals surface area contributed by atoms with Crippen molar-refractivity contribution in [3.05, 3.63) is 251 Å². The number of anilines is 3. The third-order valence-electron chi connectivity index (χ3n) is 15.0. The van der Waals surface area contributed by atoms with Crippen LogP contribution in [-0.4, -0.2) is 4.57 Å². The molecule has 1 aromatic heterocycles. The molecule has 13 rings (SSSR count). The number of para-hydroxylation sites is 3. The normalized spacial score (nSPS) is 16.9. The van der Waals surface area contributed by atoms with E-state index in [4.69, 9.17) is 0 Å². The molecule has 2 aliphatic carbocycles. The molecule has 0 N–H and O–H groups in total. The van der Waals surface area contributed by atoms with Gasteiger partial charge >= 0.3 is 0 Å². The summed E-state index contributed by atoms with van der Waals surface area (Å²) in [6.45, 7) is 9.67. The maximum Gasteiger partial charge on any atom is 0.0749 e. The average molecular weight is 807 g/mol. The predicted molar refractivity (Wildman–Crippen MR) is 262 cm³/mol. The van der Waals surface area contributed by atoms with E-state index in [1.807, 2.05) is 0 Å². The zero-order valence-electron chi connectivity index (χ0n) is 36.0. The maximum atomic E-state index is 2.56. The van der Waals surface area contributed by atoms with Crippen molar-refractivity contribution < 1.29 is 0 Å². The molecule has 0 fully saturated rings. The highest BCUT2D eigenvalue weighted by Gasteiger charge is 2.53. The van der Waals surface area contributed by atoms with Crippen LogP contribution in [0, 0.1) is 0 Å². The van der Waals surface area contributed by atoms with Crippen LogP contribution in [0.1, 0.15) is 72.2 Å². The Labute approximate surface area is 369 Å². The van der Waals surface area contributed by atoms with Gasteiger partial charge in [-0.05, 0) is 109 Å². The molecule has 1 atom stereocenters. The Morgan fingerprint density at radius 2 is 0.968 bits per heavy atom. The molecule has 1 aliphatic heterocycles. The first-order valence-corrected chi connectivity index (χ1v) is 22.4. The molecule has 0 unspecified atom stereocenters. The van der Waals surface area contributed by atoms with Crippen molar-refractivity contribution in [2.75, 3.05) is 4.90 Å². The smallest absolute Gasteiger partial charge is 0.0749 e. The van der Waals surface area contributed by atoms with Crippen molar-refractivity contribution in [2.45, 2.75) is 43.9 Å². The van der Waals surface area contributed by atoms with Crippen molar-refractivity contribution in [1.29, 1.82) is 0 Å². The third-order valence-corrected chi connectivity index (χ3v) is 15.0. The SMILES string of the molecule is CC1(C)c2ccccc2-c2ccc(N(c3ccc(-c4ccccc4)cc3)c3cccc4c3C(C)(C)c3ccccc3[C@]43c4ccccc4-n4c5ccccc5c5cccc3c54)cc21. The van der Waals surface area contributed by atoms with Crippen molar-refractivity contribution in [2.24, 2.45) is 0 Å². The fourth-order valence-corrected chi connectivity index (χ4v) is 12.3. The van der Waals surface area contributed by atoms with Crippen LogP contribution in [0.25, 0.3) is 49.7 Å². The van der Waals surface area contributed by atoms with Gasteiger partial charge in [-0.15, -0.1) is 0 Å². The van der Waals surface area contributed by atoms with Crippen molar-refractivity contribution in [3.63, 3.8) is 0 Å². The lowest BCUT2D eigenvalue weighted by Gasteiger charge is -2.51. The summed E-state index contributed by atoms with van der Waals surface area (Å²) >= 11 is 0. The van der Waals surface area contributed by atoms with Gasteiger partial charge in [0.2, 0.25) is 0 Å². The van der Waals surface area contributed by atoms with Crippen LogP contribution in [0.4, 0.5) is 17.1 Å². The molecule has 0 saturated carbocycles. The summed E-state index contributed by atoms with van der Waals surface area (Å²) < 4.78 is 2.54. The van der Waals surface area contributed by atoms with Crippen LogP contribution >= 0.6 is 0 Å². The van der Waals surface area contributed by atoms with Crippen LogP contribution in [0.15, 0.2) is 206 Å². The van der Waals surface area contributed by atoms with E-state index in [0.29, 0.717) is 0 Å². The van der Waals surface area contributed by atoms with Gasteiger partial charge in [0.1, 0.15) is 0 Å². The minimum absolute atomic E-state index is 0.147. The first-order valence-electron chi connectivity index (χ1n) is 22.4. The standard InChI is InChI=1S/C61H46N2/c1-59(2)47-23-10-8-20-43(47)44-37-36-42(38-53(44)59)62(41-34-32-40(33-35-41)39-18-6-5-7-19-39)56-31-17-27-51-57(56)60(3,4)48-24-11-12-25-49(48)61(51)50-26-13-15-30-55(50)63-54-29-14-9-21-45(54)46-22-16-28-52(61)58(46)63/h5-38H,1-4H3/t61-/m0/s1. The second-order valence-corrected chi connectivity index (χ2v) is 18.8. The Morgan fingerprint density at radius 3 is 1.79 bits per heavy atom. The number of fused-ring (bicyclic) bond motifs is 14. The lowest BCUT2D eigenvalue weighted by molar-refractivity contribution is 0.557. The second-order valence-electron chi connectivity index (χ2n) is 18.8. The van der Waals surface area contributed by atoms with Crippen LogP contribution < -0.4 is 4.90 Å². The van der Waals surface area contributed by atoms with Gasteiger partial charge in [-0.2, -0.15) is 0 Å². The van der Waals surface area contributed by atoms with Crippen LogP contribution in [-0.2, 0) is 16.2 Å². The summed E-state index contributed by atoms with van der Waals surface area (Å²) in [4.78, 5) is 2.56. The summed E-state index contributed by atoms with van der Waals surface area (Å²) in [6, 6.07) is 77.8. The van der Waals surface area contributed by atoms with Crippen molar-refractivity contribution in [1.82, 2.24) is 4.57 Å². The lowest BCUT2D eigenvalue weighted by atomic mass is 9.53. The molecule has 63 heavy (non-hydrogen) atoms. The molecular formula is C61H46N2. The number of benzene rings is 9. The van der Waals surface area contributed by atoms with Gasteiger partial charge in [0.25, 0.3) is 0 Å². The molecule has 9 aromatic carbocycles. The number of aromatic nitrogens is 1. The van der Waals surface area contributed by atoms with Gasteiger partial charge < -0.3 is 9.47 Å². The minimum Gasteiger partial charge on any atom is -0.310 e. The van der Waals surface area contributed by atoms with E-state index >= 15 is 0 Å². The molecule has 0 bridgehead atoms. The molecular weight excluding hydrogens is 761 g/mol. The Bertz CT molecular complexity index is 3510. The molecule has 2 heterocycles. The molecule has 10 aromatic rings. The monoisotopic (exact) mass is 806 g/mol. The van der Waals surface area contributed by atoms with Gasteiger partial charge in [0, 0.05) is 33.0 Å². The largest absolute Gasteiger partial charge is 0.310 e. The van der Waals surface area contributed by atoms with E-state index in [2.05, 4.69) is 243 Å². The summed E-state index contributed by atoms with van der Waals surface area (Å²) in [5.41, 5.74) is 22.0. The first kappa shape index (κ1) is 36.3. The van der Waals surface area contributed by atoms with Gasteiger partial charge in [-0.3, -0.25) is 0 Å². The van der Waals surface area contributed by atoms with Gasteiger partial charge in [0.05, 0.1) is 27.8 Å². The summed E-state index contributed by atoms with van der Waals surface area (Å²) in [6.07, 6.45) is 0. The molecule has 300 valence electrons. The molecule has 2 nitrogen and oxygen atoms in total. The average Bonchev–Trinajstić information content (AvgIpc) is 3.78. The number of rotatable bonds is 4. The van der Waals surface area contributed by atoms with Crippen molar-refractivity contribution in [3.8, 4) is 27.9 Å². The Balaban J connectivity index is 1.13. The maximum absolute atomic E-state index is 2.56. The topological polar surface area (TPSA) is 8.17 Å². The number of hydrogen-bond acceptors (Lipinski definition) is 1. The predicted octanol–water partition coefficient (Wildman–Crippen LogP) is 15.6. The summed E-state index contributed by atoms with van der Waals surface area (Å²) in [5.74, 6) is 0. The second kappa shape index (κ2) is 12.8. The molecule has 1 spiro atoms. The van der Waals surface area contributed by atoms with E-state index in [0.717, 1.165) is 11.4 Å². The first-order chi connectivity index (χ1) is 30.8. The fourth-order valence-electron chi connectivity index (χ4n) is 12.3. The van der Waals surface area contributed by atoms with Gasteiger partial charge in [-0.25, -0.2) is 0 Å². The lowest BCUT2D eigenvalue weighted by Crippen LogP contribution is -2.44. The van der Waals surface area contributed by atoms with E-state index in [-0.39, 0.29) is 10.8 Å². The molecule has 2 heteroatoms. The minimum atomic E-state index is -0.595. The number of hydrogen-bond donors (Lipinski definition) is 0.